The number of aryl methyl sites for hydroxylation is 2. The molecule has 0 N–H and O–H groups in total. The minimum absolute atomic E-state index is 0.0645. The van der Waals surface area contributed by atoms with E-state index >= 15 is 0 Å². The molecule has 2 heterocycles. The quantitative estimate of drug-likeness (QED) is 0.736. The third kappa shape index (κ3) is 3.88. The fourth-order valence-corrected chi connectivity index (χ4v) is 3.46. The maximum atomic E-state index is 12.7. The molecule has 1 atom stereocenters. The van der Waals surface area contributed by atoms with Crippen LogP contribution in [0.5, 0.6) is 5.75 Å². The lowest BCUT2D eigenvalue weighted by molar-refractivity contribution is -0.148. The van der Waals surface area contributed by atoms with Gasteiger partial charge in [-0.2, -0.15) is 0 Å². The first-order valence-corrected chi connectivity index (χ1v) is 9.57. The maximum Gasteiger partial charge on any atom is 0.336 e. The minimum Gasteiger partial charge on any atom is -0.480 e. The summed E-state index contributed by atoms with van der Waals surface area (Å²) in [5.74, 6) is 0.173. The predicted octanol–water partition coefficient (Wildman–Crippen LogP) is 2.12. The van der Waals surface area contributed by atoms with E-state index < -0.39 is 11.7 Å². The van der Waals surface area contributed by atoms with Crippen molar-refractivity contribution in [1.82, 2.24) is 9.80 Å². The van der Waals surface area contributed by atoms with Crippen LogP contribution in [0.25, 0.3) is 11.0 Å². The number of amides is 2. The molecule has 0 aliphatic carbocycles. The summed E-state index contributed by atoms with van der Waals surface area (Å²) in [6.45, 7) is 6.60. The molecule has 2 amide bonds. The zero-order chi connectivity index (χ0) is 20.4. The van der Waals surface area contributed by atoms with Crippen LogP contribution in [0.2, 0.25) is 0 Å². The van der Waals surface area contributed by atoms with E-state index in [1.165, 1.54) is 11.0 Å². The SMILES string of the molecule is CCCc1cc(=O)oc2c(C)c(OC(C)C(=O)N3CCN(C)C(=O)C3)ccc12. The smallest absolute Gasteiger partial charge is 0.336 e. The van der Waals surface area contributed by atoms with Gasteiger partial charge in [-0.25, -0.2) is 4.79 Å². The Bertz CT molecular complexity index is 965. The van der Waals surface area contributed by atoms with Crippen LogP contribution in [0.3, 0.4) is 0 Å². The van der Waals surface area contributed by atoms with Gasteiger partial charge in [-0.05, 0) is 38.0 Å². The monoisotopic (exact) mass is 386 g/mol. The van der Waals surface area contributed by atoms with Crippen LogP contribution >= 0.6 is 0 Å². The molecule has 0 radical (unpaired) electrons. The first-order valence-electron chi connectivity index (χ1n) is 9.57. The second-order valence-corrected chi connectivity index (χ2v) is 7.24. The number of carbonyl (C=O) groups excluding carboxylic acids is 2. The van der Waals surface area contributed by atoms with Crippen molar-refractivity contribution in [2.75, 3.05) is 26.7 Å². The van der Waals surface area contributed by atoms with Gasteiger partial charge in [-0.3, -0.25) is 9.59 Å². The Morgan fingerprint density at radius 3 is 2.71 bits per heavy atom. The molecule has 1 aliphatic rings. The predicted molar refractivity (Wildman–Crippen MR) is 106 cm³/mol. The molecule has 1 fully saturated rings. The van der Waals surface area contributed by atoms with Crippen molar-refractivity contribution >= 4 is 22.8 Å². The number of fused-ring (bicyclic) bond motifs is 1. The second kappa shape index (κ2) is 8.04. The zero-order valence-electron chi connectivity index (χ0n) is 16.8. The first-order chi connectivity index (χ1) is 13.3. The van der Waals surface area contributed by atoms with E-state index in [-0.39, 0.29) is 18.4 Å². The van der Waals surface area contributed by atoms with Crippen molar-refractivity contribution < 1.29 is 18.7 Å². The maximum absolute atomic E-state index is 12.7. The zero-order valence-corrected chi connectivity index (χ0v) is 16.8. The molecule has 1 aromatic carbocycles. The van der Waals surface area contributed by atoms with Gasteiger partial charge in [0.2, 0.25) is 5.91 Å². The Morgan fingerprint density at radius 1 is 1.29 bits per heavy atom. The lowest BCUT2D eigenvalue weighted by Gasteiger charge is -2.33. The lowest BCUT2D eigenvalue weighted by atomic mass is 10.0. The number of carbonyl (C=O) groups is 2. The summed E-state index contributed by atoms with van der Waals surface area (Å²) in [7, 11) is 1.73. The van der Waals surface area contributed by atoms with Gasteiger partial charge in [0.25, 0.3) is 5.91 Å². The topological polar surface area (TPSA) is 80.1 Å². The molecule has 1 aromatic heterocycles. The Balaban J connectivity index is 1.84. The average Bonchev–Trinajstić information content (AvgIpc) is 2.66. The number of rotatable bonds is 5. The standard InChI is InChI=1S/C21H26N2O5/c1-5-6-15-11-19(25)28-20-13(2)17(8-7-16(15)20)27-14(3)21(26)23-10-9-22(4)18(24)12-23/h7-8,11,14H,5-6,9-10,12H2,1-4H3. The molecule has 1 unspecified atom stereocenters. The molecular weight excluding hydrogens is 360 g/mol. The number of hydrogen-bond acceptors (Lipinski definition) is 5. The normalized spacial score (nSPS) is 15.8. The third-order valence-electron chi connectivity index (χ3n) is 5.14. The van der Waals surface area contributed by atoms with Gasteiger partial charge in [0.1, 0.15) is 11.3 Å². The largest absolute Gasteiger partial charge is 0.480 e. The van der Waals surface area contributed by atoms with Crippen LogP contribution in [0.4, 0.5) is 0 Å². The van der Waals surface area contributed by atoms with Crippen LogP contribution in [-0.4, -0.2) is 54.4 Å². The summed E-state index contributed by atoms with van der Waals surface area (Å²) in [4.78, 5) is 39.6. The van der Waals surface area contributed by atoms with Crippen LogP contribution in [0.1, 0.15) is 31.4 Å². The molecule has 0 spiro atoms. The fourth-order valence-electron chi connectivity index (χ4n) is 3.46. The highest BCUT2D eigenvalue weighted by molar-refractivity contribution is 5.88. The summed E-state index contributed by atoms with van der Waals surface area (Å²) in [6, 6.07) is 5.19. The molecule has 0 saturated carbocycles. The molecule has 0 bridgehead atoms. The van der Waals surface area contributed by atoms with E-state index in [1.807, 2.05) is 13.0 Å². The summed E-state index contributed by atoms with van der Waals surface area (Å²) in [5.41, 5.74) is 1.73. The van der Waals surface area contributed by atoms with Gasteiger partial charge in [0.05, 0.1) is 6.54 Å². The van der Waals surface area contributed by atoms with E-state index in [9.17, 15) is 14.4 Å². The molecule has 1 aliphatic heterocycles. The van der Waals surface area contributed by atoms with Crippen molar-refractivity contribution in [3.63, 3.8) is 0 Å². The number of hydrogen-bond donors (Lipinski definition) is 0. The highest BCUT2D eigenvalue weighted by Crippen LogP contribution is 2.29. The number of nitrogens with zero attached hydrogens (tertiary/aromatic N) is 2. The van der Waals surface area contributed by atoms with E-state index in [0.717, 1.165) is 23.8 Å². The number of ether oxygens (including phenoxy) is 1. The number of piperazine rings is 1. The van der Waals surface area contributed by atoms with Gasteiger partial charge in [-0.1, -0.05) is 13.3 Å². The summed E-state index contributed by atoms with van der Waals surface area (Å²) in [6.07, 6.45) is 0.956. The van der Waals surface area contributed by atoms with Gasteiger partial charge >= 0.3 is 5.63 Å². The summed E-state index contributed by atoms with van der Waals surface area (Å²) < 4.78 is 11.3. The van der Waals surface area contributed by atoms with Gasteiger partial charge in [0.15, 0.2) is 6.10 Å². The van der Waals surface area contributed by atoms with Crippen LogP contribution in [-0.2, 0) is 16.0 Å². The van der Waals surface area contributed by atoms with Crippen LogP contribution in [0.15, 0.2) is 27.4 Å². The molecule has 2 aromatic rings. The van der Waals surface area contributed by atoms with Crippen molar-refractivity contribution in [2.45, 2.75) is 39.7 Å². The molecule has 28 heavy (non-hydrogen) atoms. The average molecular weight is 386 g/mol. The van der Waals surface area contributed by atoms with E-state index in [1.54, 1.807) is 24.9 Å². The Hall–Kier alpha value is -2.83. The van der Waals surface area contributed by atoms with E-state index in [0.29, 0.717) is 30.0 Å². The molecule has 1 saturated heterocycles. The Labute approximate surface area is 163 Å². The second-order valence-electron chi connectivity index (χ2n) is 7.24. The number of benzene rings is 1. The minimum atomic E-state index is -0.752. The Kier molecular flexibility index (Phi) is 5.72. The molecule has 7 heteroatoms. The van der Waals surface area contributed by atoms with Crippen molar-refractivity contribution in [2.24, 2.45) is 0 Å². The Morgan fingerprint density at radius 2 is 2.04 bits per heavy atom. The number of likely N-dealkylation sites (N-methyl/N-ethyl adjacent to an activating group) is 1. The van der Waals surface area contributed by atoms with Gasteiger partial charge in [0, 0.05) is 37.2 Å². The lowest BCUT2D eigenvalue weighted by Crippen LogP contribution is -2.53. The van der Waals surface area contributed by atoms with E-state index in [4.69, 9.17) is 9.15 Å². The highest BCUT2D eigenvalue weighted by Gasteiger charge is 2.29. The van der Waals surface area contributed by atoms with Crippen molar-refractivity contribution in [3.05, 3.63) is 39.7 Å². The third-order valence-corrected chi connectivity index (χ3v) is 5.14. The molecule has 7 nitrogen and oxygen atoms in total. The molecular formula is C21H26N2O5. The first kappa shape index (κ1) is 19.9. The van der Waals surface area contributed by atoms with Gasteiger partial charge < -0.3 is 19.0 Å². The molecule has 3 rings (SSSR count). The van der Waals surface area contributed by atoms with Gasteiger partial charge in [-0.15, -0.1) is 0 Å². The highest BCUT2D eigenvalue weighted by atomic mass is 16.5. The van der Waals surface area contributed by atoms with Crippen molar-refractivity contribution in [1.29, 1.82) is 0 Å². The fraction of sp³-hybridized carbons (Fsp3) is 0.476. The van der Waals surface area contributed by atoms with Crippen molar-refractivity contribution in [3.8, 4) is 5.75 Å². The van der Waals surface area contributed by atoms with E-state index in [2.05, 4.69) is 6.92 Å². The van der Waals surface area contributed by atoms with Crippen LogP contribution in [0, 0.1) is 6.92 Å². The summed E-state index contributed by atoms with van der Waals surface area (Å²) >= 11 is 0. The molecule has 150 valence electrons. The summed E-state index contributed by atoms with van der Waals surface area (Å²) in [5, 5.41) is 0.884. The van der Waals surface area contributed by atoms with Crippen LogP contribution < -0.4 is 10.4 Å².